The predicted octanol–water partition coefficient (Wildman–Crippen LogP) is 2.70. The Morgan fingerprint density at radius 1 is 1.25 bits per heavy atom. The van der Waals surface area contributed by atoms with Crippen LogP contribution in [0.15, 0.2) is 24.3 Å². The number of methoxy groups -OCH3 is 2. The molecule has 16 heavy (non-hydrogen) atoms. The van der Waals surface area contributed by atoms with Gasteiger partial charge in [-0.3, -0.25) is 4.79 Å². The molecule has 0 aliphatic heterocycles. The summed E-state index contributed by atoms with van der Waals surface area (Å²) in [6.45, 7) is 1.83. The molecule has 3 heteroatoms. The van der Waals surface area contributed by atoms with Crippen molar-refractivity contribution in [3.8, 4) is 11.5 Å². The first-order chi connectivity index (χ1) is 7.72. The van der Waals surface area contributed by atoms with Gasteiger partial charge in [0.1, 0.15) is 11.5 Å². The van der Waals surface area contributed by atoms with Gasteiger partial charge in [-0.2, -0.15) is 0 Å². The molecule has 0 N–H and O–H groups in total. The third-order valence-electron chi connectivity index (χ3n) is 2.25. The number of carbonyl (C=O) groups is 1. The second-order valence-electron chi connectivity index (χ2n) is 3.23. The first kappa shape index (κ1) is 12.3. The van der Waals surface area contributed by atoms with Crippen LogP contribution in [-0.4, -0.2) is 20.0 Å². The maximum Gasteiger partial charge on any atom is 0.155 e. The molecule has 0 saturated heterocycles. The van der Waals surface area contributed by atoms with Gasteiger partial charge in [0.15, 0.2) is 5.78 Å². The summed E-state index contributed by atoms with van der Waals surface area (Å²) in [5.74, 6) is 1.46. The smallest absolute Gasteiger partial charge is 0.155 e. The first-order valence-electron chi connectivity index (χ1n) is 5.14. The Labute approximate surface area is 95.7 Å². The Balaban J connectivity index is 3.08. The van der Waals surface area contributed by atoms with Gasteiger partial charge in [-0.1, -0.05) is 13.0 Å². The molecule has 0 aromatic heterocycles. The van der Waals surface area contributed by atoms with Crippen LogP contribution in [0.2, 0.25) is 0 Å². The molecule has 0 fully saturated rings. The van der Waals surface area contributed by atoms with E-state index in [2.05, 4.69) is 0 Å². The highest BCUT2D eigenvalue weighted by molar-refractivity contribution is 5.94. The summed E-state index contributed by atoms with van der Waals surface area (Å²) in [6, 6.07) is 5.51. The van der Waals surface area contributed by atoms with Crippen molar-refractivity contribution in [2.75, 3.05) is 14.2 Å². The van der Waals surface area contributed by atoms with Crippen LogP contribution in [0.5, 0.6) is 11.5 Å². The Hall–Kier alpha value is -1.77. The standard InChI is InChI=1S/C13H16O3/c1-4-10(14)8-9-11-12(15-2)6-5-7-13(11)16-3/h5-9H,4H2,1-3H3/b9-8+. The van der Waals surface area contributed by atoms with Gasteiger partial charge in [0.2, 0.25) is 0 Å². The molecule has 86 valence electrons. The molecule has 0 saturated carbocycles. The molecule has 0 heterocycles. The van der Waals surface area contributed by atoms with Crippen LogP contribution in [0, 0.1) is 0 Å². The third kappa shape index (κ3) is 2.86. The van der Waals surface area contributed by atoms with E-state index in [1.54, 1.807) is 26.4 Å². The summed E-state index contributed by atoms with van der Waals surface area (Å²) < 4.78 is 10.4. The molecule has 1 aromatic carbocycles. The molecule has 0 aliphatic rings. The van der Waals surface area contributed by atoms with Crippen LogP contribution >= 0.6 is 0 Å². The second kappa shape index (κ2) is 5.95. The van der Waals surface area contributed by atoms with E-state index in [0.717, 1.165) is 5.56 Å². The van der Waals surface area contributed by atoms with Gasteiger partial charge in [0.05, 0.1) is 19.8 Å². The number of ether oxygens (including phenoxy) is 2. The minimum Gasteiger partial charge on any atom is -0.496 e. The fourth-order valence-corrected chi connectivity index (χ4v) is 1.34. The molecule has 0 spiro atoms. The molecule has 0 amide bonds. The fraction of sp³-hybridized carbons (Fsp3) is 0.308. The maximum atomic E-state index is 11.2. The number of ketones is 1. The molecule has 0 bridgehead atoms. The Kier molecular flexibility index (Phi) is 4.58. The van der Waals surface area contributed by atoms with Crippen LogP contribution in [0.1, 0.15) is 18.9 Å². The molecule has 0 unspecified atom stereocenters. The second-order valence-corrected chi connectivity index (χ2v) is 3.23. The minimum absolute atomic E-state index is 0.0768. The Morgan fingerprint density at radius 2 is 1.81 bits per heavy atom. The molecule has 3 nitrogen and oxygen atoms in total. The highest BCUT2D eigenvalue weighted by Crippen LogP contribution is 2.29. The highest BCUT2D eigenvalue weighted by atomic mass is 16.5. The van der Waals surface area contributed by atoms with Crippen molar-refractivity contribution >= 4 is 11.9 Å². The quantitative estimate of drug-likeness (QED) is 0.716. The van der Waals surface area contributed by atoms with E-state index in [1.807, 2.05) is 25.1 Å². The van der Waals surface area contributed by atoms with Crippen molar-refractivity contribution in [2.24, 2.45) is 0 Å². The van der Waals surface area contributed by atoms with Gasteiger partial charge in [-0.25, -0.2) is 0 Å². The van der Waals surface area contributed by atoms with Crippen molar-refractivity contribution < 1.29 is 14.3 Å². The third-order valence-corrected chi connectivity index (χ3v) is 2.25. The van der Waals surface area contributed by atoms with E-state index in [1.165, 1.54) is 0 Å². The van der Waals surface area contributed by atoms with Crippen LogP contribution in [-0.2, 0) is 4.79 Å². The molecule has 0 atom stereocenters. The number of benzene rings is 1. The summed E-state index contributed by atoms with van der Waals surface area (Å²) >= 11 is 0. The largest absolute Gasteiger partial charge is 0.496 e. The molecule has 0 radical (unpaired) electrons. The lowest BCUT2D eigenvalue weighted by Gasteiger charge is -2.09. The minimum atomic E-state index is 0.0768. The summed E-state index contributed by atoms with van der Waals surface area (Å²) in [5.41, 5.74) is 0.786. The van der Waals surface area contributed by atoms with Crippen LogP contribution < -0.4 is 9.47 Å². The average Bonchev–Trinajstić information content (AvgIpc) is 2.35. The van der Waals surface area contributed by atoms with Gasteiger partial charge in [0, 0.05) is 6.42 Å². The van der Waals surface area contributed by atoms with Crippen molar-refractivity contribution in [3.63, 3.8) is 0 Å². The summed E-state index contributed by atoms with van der Waals surface area (Å²) in [6.07, 6.45) is 3.76. The zero-order valence-electron chi connectivity index (χ0n) is 9.82. The monoisotopic (exact) mass is 220 g/mol. The van der Waals surface area contributed by atoms with E-state index < -0.39 is 0 Å². The highest BCUT2D eigenvalue weighted by Gasteiger charge is 2.06. The van der Waals surface area contributed by atoms with E-state index in [4.69, 9.17) is 9.47 Å². The molecular weight excluding hydrogens is 204 g/mol. The Morgan fingerprint density at radius 3 is 2.25 bits per heavy atom. The van der Waals surface area contributed by atoms with Gasteiger partial charge in [-0.05, 0) is 24.3 Å². The normalized spacial score (nSPS) is 10.4. The summed E-state index contributed by atoms with van der Waals surface area (Å²) in [5, 5.41) is 0. The van der Waals surface area contributed by atoms with E-state index >= 15 is 0 Å². The van der Waals surface area contributed by atoms with Gasteiger partial charge in [0.25, 0.3) is 0 Å². The average molecular weight is 220 g/mol. The van der Waals surface area contributed by atoms with Crippen molar-refractivity contribution in [1.29, 1.82) is 0 Å². The lowest BCUT2D eigenvalue weighted by atomic mass is 10.1. The summed E-state index contributed by atoms with van der Waals surface area (Å²) in [7, 11) is 3.18. The SMILES string of the molecule is CCC(=O)/C=C/c1c(OC)cccc1OC. The van der Waals surface area contributed by atoms with Crippen molar-refractivity contribution in [3.05, 3.63) is 29.8 Å². The zero-order valence-corrected chi connectivity index (χ0v) is 9.82. The predicted molar refractivity (Wildman–Crippen MR) is 63.9 cm³/mol. The number of hydrogen-bond donors (Lipinski definition) is 0. The first-order valence-corrected chi connectivity index (χ1v) is 5.14. The lowest BCUT2D eigenvalue weighted by molar-refractivity contribution is -0.114. The van der Waals surface area contributed by atoms with Gasteiger partial charge < -0.3 is 9.47 Å². The zero-order chi connectivity index (χ0) is 12.0. The topological polar surface area (TPSA) is 35.5 Å². The van der Waals surface area contributed by atoms with E-state index in [9.17, 15) is 4.79 Å². The molecule has 0 aliphatic carbocycles. The van der Waals surface area contributed by atoms with E-state index in [-0.39, 0.29) is 5.78 Å². The summed E-state index contributed by atoms with van der Waals surface area (Å²) in [4.78, 5) is 11.2. The Bertz CT molecular complexity index is 372. The van der Waals surface area contributed by atoms with E-state index in [0.29, 0.717) is 17.9 Å². The number of allylic oxidation sites excluding steroid dienone is 1. The van der Waals surface area contributed by atoms with Crippen molar-refractivity contribution in [1.82, 2.24) is 0 Å². The fourth-order valence-electron chi connectivity index (χ4n) is 1.34. The van der Waals surface area contributed by atoms with Crippen LogP contribution in [0.25, 0.3) is 6.08 Å². The van der Waals surface area contributed by atoms with Gasteiger partial charge in [-0.15, -0.1) is 0 Å². The molecule has 1 rings (SSSR count). The lowest BCUT2D eigenvalue weighted by Crippen LogP contribution is -1.93. The van der Waals surface area contributed by atoms with Crippen LogP contribution in [0.3, 0.4) is 0 Å². The molecule has 1 aromatic rings. The van der Waals surface area contributed by atoms with Gasteiger partial charge >= 0.3 is 0 Å². The van der Waals surface area contributed by atoms with Crippen LogP contribution in [0.4, 0.5) is 0 Å². The van der Waals surface area contributed by atoms with Crippen molar-refractivity contribution in [2.45, 2.75) is 13.3 Å². The molecular formula is C13H16O3. The number of hydrogen-bond acceptors (Lipinski definition) is 3. The number of carbonyl (C=O) groups excluding carboxylic acids is 1. The number of rotatable bonds is 5. The maximum absolute atomic E-state index is 11.2.